The number of ketones is 1. The van der Waals surface area contributed by atoms with Crippen molar-refractivity contribution in [1.29, 1.82) is 0 Å². The maximum atomic E-state index is 12.4. The van der Waals surface area contributed by atoms with Crippen LogP contribution >= 0.6 is 23.1 Å². The number of rotatable bonds is 6. The average Bonchev–Trinajstić information content (AvgIpc) is 3.31. The van der Waals surface area contributed by atoms with Crippen molar-refractivity contribution >= 4 is 39.7 Å². The van der Waals surface area contributed by atoms with Gasteiger partial charge in [-0.25, -0.2) is 0 Å². The fourth-order valence-electron chi connectivity index (χ4n) is 2.54. The summed E-state index contributed by atoms with van der Waals surface area (Å²) >= 11 is 2.80. The first-order chi connectivity index (χ1) is 13.1. The normalized spacial score (nSPS) is 12.2. The Labute approximate surface area is 164 Å². The third-order valence-corrected chi connectivity index (χ3v) is 6.16. The molecule has 2 aromatic carbocycles. The second kappa shape index (κ2) is 7.58. The predicted octanol–water partition coefficient (Wildman–Crippen LogP) is 4.60. The number of nitrogens with one attached hydrogen (secondary N) is 1. The van der Waals surface area contributed by atoms with Crippen molar-refractivity contribution in [3.05, 3.63) is 53.1 Å². The minimum Gasteiger partial charge on any atom is -0.454 e. The molecule has 1 aromatic heterocycles. The summed E-state index contributed by atoms with van der Waals surface area (Å²) < 4.78 is 11.3. The Balaban J connectivity index is 1.36. The number of fused-ring (bicyclic) bond motifs is 1. The first-order valence-electron chi connectivity index (χ1n) is 8.32. The minimum atomic E-state index is 0.0113. The standard InChI is InChI=1S/C19H17N3O3S2/c1-11-3-5-14(7-12(11)2)20-18-21-22-19(27-18)26-9-15(23)13-4-6-16-17(8-13)25-10-24-16/h3-8H,9-10H2,1-2H3,(H,20,21). The van der Waals surface area contributed by atoms with Crippen LogP contribution in [0.2, 0.25) is 0 Å². The number of ether oxygens (including phenoxy) is 2. The molecule has 2 heterocycles. The molecule has 0 saturated carbocycles. The van der Waals surface area contributed by atoms with Crippen LogP contribution in [0.3, 0.4) is 0 Å². The number of carbonyl (C=O) groups is 1. The van der Waals surface area contributed by atoms with Crippen LogP contribution in [0.5, 0.6) is 11.5 Å². The summed E-state index contributed by atoms with van der Waals surface area (Å²) in [6, 6.07) is 11.4. The zero-order valence-electron chi connectivity index (χ0n) is 14.8. The van der Waals surface area contributed by atoms with Gasteiger partial charge in [0, 0.05) is 11.3 Å². The van der Waals surface area contributed by atoms with E-state index in [0.717, 1.165) is 10.0 Å². The summed E-state index contributed by atoms with van der Waals surface area (Å²) in [6.07, 6.45) is 0. The fraction of sp³-hybridized carbons (Fsp3) is 0.211. The van der Waals surface area contributed by atoms with E-state index >= 15 is 0 Å². The lowest BCUT2D eigenvalue weighted by Gasteiger charge is -2.05. The molecule has 138 valence electrons. The molecular formula is C19H17N3O3S2. The van der Waals surface area contributed by atoms with Crippen LogP contribution in [0.15, 0.2) is 40.7 Å². The Morgan fingerprint density at radius 2 is 1.96 bits per heavy atom. The van der Waals surface area contributed by atoms with Gasteiger partial charge < -0.3 is 14.8 Å². The van der Waals surface area contributed by atoms with Crippen LogP contribution in [0.4, 0.5) is 10.8 Å². The van der Waals surface area contributed by atoms with Crippen molar-refractivity contribution in [2.45, 2.75) is 18.2 Å². The Bertz CT molecular complexity index is 1000. The molecule has 0 unspecified atom stereocenters. The highest BCUT2D eigenvalue weighted by atomic mass is 32.2. The van der Waals surface area contributed by atoms with Crippen molar-refractivity contribution in [3.8, 4) is 11.5 Å². The highest BCUT2D eigenvalue weighted by Crippen LogP contribution is 2.33. The molecule has 6 nitrogen and oxygen atoms in total. The average molecular weight is 399 g/mol. The highest BCUT2D eigenvalue weighted by Gasteiger charge is 2.17. The predicted molar refractivity (Wildman–Crippen MR) is 107 cm³/mol. The number of aryl methyl sites for hydroxylation is 2. The number of Topliss-reactive ketones (excluding diaryl/α,β-unsaturated/α-hetero) is 1. The Morgan fingerprint density at radius 1 is 1.11 bits per heavy atom. The molecule has 0 aliphatic carbocycles. The first-order valence-corrected chi connectivity index (χ1v) is 10.1. The number of hydrogen-bond donors (Lipinski definition) is 1. The van der Waals surface area contributed by atoms with Gasteiger partial charge in [-0.1, -0.05) is 29.2 Å². The van der Waals surface area contributed by atoms with Gasteiger partial charge in [-0.2, -0.15) is 0 Å². The molecule has 1 N–H and O–H groups in total. The minimum absolute atomic E-state index is 0.0113. The van der Waals surface area contributed by atoms with Crippen LogP contribution < -0.4 is 14.8 Å². The lowest BCUT2D eigenvalue weighted by atomic mass is 10.1. The second-order valence-corrected chi connectivity index (χ2v) is 8.28. The third-order valence-electron chi connectivity index (χ3n) is 4.19. The summed E-state index contributed by atoms with van der Waals surface area (Å²) in [7, 11) is 0. The van der Waals surface area contributed by atoms with E-state index in [4.69, 9.17) is 9.47 Å². The molecule has 1 aliphatic rings. The number of aromatic nitrogens is 2. The molecule has 0 saturated heterocycles. The van der Waals surface area contributed by atoms with Crippen LogP contribution in [-0.4, -0.2) is 28.5 Å². The molecule has 0 spiro atoms. The van der Waals surface area contributed by atoms with Crippen molar-refractivity contribution < 1.29 is 14.3 Å². The summed E-state index contributed by atoms with van der Waals surface area (Å²) in [4.78, 5) is 12.4. The van der Waals surface area contributed by atoms with Gasteiger partial charge in [-0.05, 0) is 55.3 Å². The molecule has 4 rings (SSSR count). The third kappa shape index (κ3) is 4.06. The molecule has 0 radical (unpaired) electrons. The smallest absolute Gasteiger partial charge is 0.231 e. The van der Waals surface area contributed by atoms with E-state index in [0.29, 0.717) is 22.2 Å². The van der Waals surface area contributed by atoms with Crippen molar-refractivity contribution in [3.63, 3.8) is 0 Å². The lowest BCUT2D eigenvalue weighted by Crippen LogP contribution is -2.02. The van der Waals surface area contributed by atoms with Crippen molar-refractivity contribution in [2.24, 2.45) is 0 Å². The number of hydrogen-bond acceptors (Lipinski definition) is 8. The first kappa shape index (κ1) is 17.8. The van der Waals surface area contributed by atoms with E-state index < -0.39 is 0 Å². The van der Waals surface area contributed by atoms with Gasteiger partial charge in [0.25, 0.3) is 0 Å². The summed E-state index contributed by atoms with van der Waals surface area (Å²) in [5.74, 6) is 1.59. The Hall–Kier alpha value is -2.58. The van der Waals surface area contributed by atoms with Gasteiger partial charge in [-0.3, -0.25) is 4.79 Å². The summed E-state index contributed by atoms with van der Waals surface area (Å²) in [6.45, 7) is 4.35. The van der Waals surface area contributed by atoms with Crippen LogP contribution in [0.25, 0.3) is 0 Å². The maximum absolute atomic E-state index is 12.4. The second-order valence-electron chi connectivity index (χ2n) is 6.08. The largest absolute Gasteiger partial charge is 0.454 e. The van der Waals surface area contributed by atoms with Gasteiger partial charge in [0.2, 0.25) is 11.9 Å². The quantitative estimate of drug-likeness (QED) is 0.479. The number of benzene rings is 2. The van der Waals surface area contributed by atoms with Crippen molar-refractivity contribution in [1.82, 2.24) is 10.2 Å². The van der Waals surface area contributed by atoms with Crippen LogP contribution in [-0.2, 0) is 0 Å². The van der Waals surface area contributed by atoms with E-state index in [1.54, 1.807) is 18.2 Å². The van der Waals surface area contributed by atoms with Gasteiger partial charge >= 0.3 is 0 Å². The lowest BCUT2D eigenvalue weighted by molar-refractivity contribution is 0.102. The topological polar surface area (TPSA) is 73.3 Å². The molecule has 3 aromatic rings. The van der Waals surface area contributed by atoms with E-state index in [9.17, 15) is 4.79 Å². The molecule has 27 heavy (non-hydrogen) atoms. The van der Waals surface area contributed by atoms with Gasteiger partial charge in [0.15, 0.2) is 21.6 Å². The van der Waals surface area contributed by atoms with Crippen LogP contribution in [0.1, 0.15) is 21.5 Å². The molecule has 0 fully saturated rings. The summed E-state index contributed by atoms with van der Waals surface area (Å²) in [5.41, 5.74) is 4.04. The summed E-state index contributed by atoms with van der Waals surface area (Å²) in [5, 5.41) is 12.3. The maximum Gasteiger partial charge on any atom is 0.231 e. The molecule has 1 aliphatic heterocycles. The van der Waals surface area contributed by atoms with Gasteiger partial charge in [0.05, 0.1) is 5.75 Å². The fourth-order valence-corrected chi connectivity index (χ4v) is 4.21. The van der Waals surface area contributed by atoms with Gasteiger partial charge in [-0.15, -0.1) is 10.2 Å². The highest BCUT2D eigenvalue weighted by molar-refractivity contribution is 8.01. The number of anilines is 2. The molecule has 0 atom stereocenters. The Morgan fingerprint density at radius 3 is 2.81 bits per heavy atom. The SMILES string of the molecule is Cc1ccc(Nc2nnc(SCC(=O)c3ccc4c(c3)OCO4)s2)cc1C. The van der Waals surface area contributed by atoms with Crippen molar-refractivity contribution in [2.75, 3.05) is 17.9 Å². The Kier molecular flexibility index (Phi) is 5.00. The molecule has 0 bridgehead atoms. The number of carbonyl (C=O) groups excluding carboxylic acids is 1. The molecule has 0 amide bonds. The number of thioether (sulfide) groups is 1. The monoisotopic (exact) mass is 399 g/mol. The van der Waals surface area contributed by atoms with Crippen LogP contribution in [0, 0.1) is 13.8 Å². The van der Waals surface area contributed by atoms with Gasteiger partial charge in [0.1, 0.15) is 0 Å². The zero-order chi connectivity index (χ0) is 18.8. The molecular weight excluding hydrogens is 382 g/mol. The molecule has 8 heteroatoms. The zero-order valence-corrected chi connectivity index (χ0v) is 16.4. The van der Waals surface area contributed by atoms with E-state index in [-0.39, 0.29) is 18.3 Å². The van der Waals surface area contributed by atoms with E-state index in [1.807, 2.05) is 6.07 Å². The van der Waals surface area contributed by atoms with E-state index in [1.165, 1.54) is 34.2 Å². The number of nitrogens with zero attached hydrogens (tertiary/aromatic N) is 2. The van der Waals surface area contributed by atoms with E-state index in [2.05, 4.69) is 41.5 Å².